The van der Waals surface area contributed by atoms with E-state index in [0.717, 1.165) is 15.4 Å². The summed E-state index contributed by atoms with van der Waals surface area (Å²) in [6.45, 7) is 7.00. The molecule has 4 aliphatic rings. The normalized spacial score (nSPS) is 30.5. The fraction of sp³-hybridized carbons (Fsp3) is 0.643. The predicted molar refractivity (Wildman–Crippen MR) is 224 cm³/mol. The third-order valence-electron chi connectivity index (χ3n) is 12.2. The summed E-state index contributed by atoms with van der Waals surface area (Å²) < 4.78 is 57.0. The summed E-state index contributed by atoms with van der Waals surface area (Å²) >= 11 is 6.77. The lowest BCUT2D eigenvalue weighted by Crippen LogP contribution is -2.63. The van der Waals surface area contributed by atoms with Crippen LogP contribution in [0.3, 0.4) is 0 Å². The van der Waals surface area contributed by atoms with Gasteiger partial charge in [0, 0.05) is 52.9 Å². The zero-order chi connectivity index (χ0) is 45.0. The Bertz CT molecular complexity index is 2010. The van der Waals surface area contributed by atoms with E-state index in [0.29, 0.717) is 43.7 Å². The third kappa shape index (κ3) is 10.9. The topological polar surface area (TPSA) is 211 Å². The van der Waals surface area contributed by atoms with Gasteiger partial charge in [0.2, 0.25) is 27.7 Å². The second-order valence-electron chi connectivity index (χ2n) is 16.6. The van der Waals surface area contributed by atoms with Gasteiger partial charge in [0.05, 0.1) is 31.1 Å². The van der Waals surface area contributed by atoms with Gasteiger partial charge in [0.25, 0.3) is 0 Å². The lowest BCUT2D eigenvalue weighted by Gasteiger charge is -2.42. The fourth-order valence-electron chi connectivity index (χ4n) is 8.16. The van der Waals surface area contributed by atoms with E-state index in [9.17, 15) is 37.5 Å². The van der Waals surface area contributed by atoms with Crippen molar-refractivity contribution in [2.24, 2.45) is 5.92 Å². The van der Waals surface area contributed by atoms with Crippen molar-refractivity contribution >= 4 is 57.1 Å². The number of hydrogen-bond acceptors (Lipinski definition) is 13. The van der Waals surface area contributed by atoms with Crippen molar-refractivity contribution in [2.45, 2.75) is 127 Å². The first-order chi connectivity index (χ1) is 28.6. The highest BCUT2D eigenvalue weighted by atomic mass is 35.5. The second-order valence-corrected chi connectivity index (χ2v) is 19.1. The maximum atomic E-state index is 14.2. The van der Waals surface area contributed by atoms with Gasteiger partial charge in [-0.15, -0.1) is 0 Å². The molecule has 8 atom stereocenters. The number of hydrogen-bond donors (Lipinski definition) is 2. The number of epoxide rings is 1. The molecule has 19 heteroatoms. The number of likely N-dealkylation sites (tertiary alicyclic amines) is 1. The zero-order valence-electron chi connectivity index (χ0n) is 36.1. The molecule has 0 saturated carbocycles. The minimum Gasteiger partial charge on any atom is -0.495 e. The number of allylic oxidation sites excluding steroid dienone is 3. The number of aliphatic hydroxyl groups is 1. The molecule has 1 unspecified atom stereocenters. The molecule has 4 bridgehead atoms. The summed E-state index contributed by atoms with van der Waals surface area (Å²) in [4.78, 5) is 67.4. The molecule has 4 aliphatic heterocycles. The summed E-state index contributed by atoms with van der Waals surface area (Å²) in [6, 6.07) is 2.22. The number of imide groups is 1. The van der Waals surface area contributed by atoms with Crippen molar-refractivity contribution < 1.29 is 61.2 Å². The number of benzene rings is 1. The minimum atomic E-state index is -3.96. The Morgan fingerprint density at radius 1 is 1.10 bits per heavy atom. The minimum absolute atomic E-state index is 0.102. The molecule has 0 aromatic heterocycles. The van der Waals surface area contributed by atoms with Crippen LogP contribution in [0.15, 0.2) is 35.9 Å². The van der Waals surface area contributed by atoms with Gasteiger partial charge in [0.15, 0.2) is 5.72 Å². The lowest BCUT2D eigenvalue weighted by atomic mass is 9.83. The smallest absolute Gasteiger partial charge is 0.409 e. The summed E-state index contributed by atoms with van der Waals surface area (Å²) in [5.41, 5.74) is -1.20. The molecule has 0 spiro atoms. The highest BCUT2D eigenvalue weighted by Crippen LogP contribution is 2.49. The van der Waals surface area contributed by atoms with Crippen molar-refractivity contribution in [2.75, 3.05) is 45.5 Å². The number of rotatable bonds is 13. The van der Waals surface area contributed by atoms with Gasteiger partial charge < -0.3 is 33.7 Å². The van der Waals surface area contributed by atoms with Crippen LogP contribution in [0.1, 0.15) is 84.6 Å². The maximum Gasteiger partial charge on any atom is 0.409 e. The van der Waals surface area contributed by atoms with E-state index in [-0.39, 0.29) is 48.3 Å². The van der Waals surface area contributed by atoms with Crippen molar-refractivity contribution in [3.63, 3.8) is 0 Å². The molecule has 0 aliphatic carbocycles. The average Bonchev–Trinajstić information content (AvgIpc) is 3.80. The van der Waals surface area contributed by atoms with Crippen LogP contribution in [0.25, 0.3) is 0 Å². The Hall–Kier alpha value is -4.07. The first kappa shape index (κ1) is 48.0. The quantitative estimate of drug-likeness (QED) is 0.124. The molecule has 3 saturated heterocycles. The molecule has 338 valence electrons. The standard InChI is InChI=1S/C42H59ClN4O13S/c1-25-14-13-15-32(57-8)42(53)24-31(58-40(52)44-42)26(2)38-41(4,60-38)33(23-36(50)45(5)29-21-28(20-25)22-30(56-7)37(29)43)59-39(51)27(3)46(6)61(54,55)19-12-10-9-11-18-47-34(48)16-17-35(47)49/h13-15,21-22,26-27,31-33,38,53H,9-12,16-20,23-24H2,1-8H3,(H,44,52)/b15-13+,25-14+/t26?,27-,31-,32+,33-,38-,41-,42-/m0/s1. The number of methoxy groups -OCH3 is 2. The van der Waals surface area contributed by atoms with Gasteiger partial charge >= 0.3 is 12.1 Å². The predicted octanol–water partition coefficient (Wildman–Crippen LogP) is 4.03. The van der Waals surface area contributed by atoms with Crippen molar-refractivity contribution in [1.82, 2.24) is 14.5 Å². The Kier molecular flexibility index (Phi) is 15.4. The van der Waals surface area contributed by atoms with E-state index in [4.69, 9.17) is 35.3 Å². The van der Waals surface area contributed by atoms with Gasteiger partial charge in [-0.25, -0.2) is 13.2 Å². The van der Waals surface area contributed by atoms with Gasteiger partial charge in [-0.3, -0.25) is 29.4 Å². The molecule has 17 nitrogen and oxygen atoms in total. The summed E-state index contributed by atoms with van der Waals surface area (Å²) in [6.07, 6.45) is 2.71. The Morgan fingerprint density at radius 3 is 2.43 bits per heavy atom. The number of halogens is 1. The number of nitrogens with zero attached hydrogens (tertiary/aromatic N) is 3. The maximum absolute atomic E-state index is 14.2. The van der Waals surface area contributed by atoms with E-state index < -0.39 is 82.1 Å². The molecular formula is C42H59ClN4O13S. The van der Waals surface area contributed by atoms with E-state index in [1.54, 1.807) is 38.1 Å². The molecule has 4 heterocycles. The number of amides is 4. The van der Waals surface area contributed by atoms with Gasteiger partial charge in [-0.1, -0.05) is 55.2 Å². The molecule has 1 aromatic rings. The molecule has 61 heavy (non-hydrogen) atoms. The largest absolute Gasteiger partial charge is 0.495 e. The highest BCUT2D eigenvalue weighted by molar-refractivity contribution is 7.89. The van der Waals surface area contributed by atoms with E-state index in [1.807, 2.05) is 13.0 Å². The molecule has 4 amide bonds. The lowest BCUT2D eigenvalue weighted by molar-refractivity contribution is -0.157. The summed E-state index contributed by atoms with van der Waals surface area (Å²) in [5, 5.41) is 14.4. The van der Waals surface area contributed by atoms with Crippen molar-refractivity contribution in [3.05, 3.63) is 46.5 Å². The van der Waals surface area contributed by atoms with Crippen LogP contribution in [0.5, 0.6) is 5.75 Å². The van der Waals surface area contributed by atoms with Crippen molar-refractivity contribution in [1.29, 1.82) is 0 Å². The van der Waals surface area contributed by atoms with Crippen LogP contribution in [0.2, 0.25) is 5.02 Å². The van der Waals surface area contributed by atoms with Crippen LogP contribution in [0, 0.1) is 5.92 Å². The molecular weight excluding hydrogens is 836 g/mol. The molecule has 5 rings (SSSR count). The number of unbranched alkanes of at least 4 members (excludes halogenated alkanes) is 3. The van der Waals surface area contributed by atoms with E-state index in [2.05, 4.69) is 5.32 Å². The second kappa shape index (κ2) is 19.5. The number of alkyl carbamates (subject to hydrolysis) is 1. The van der Waals surface area contributed by atoms with Crippen LogP contribution in [-0.2, 0) is 54.6 Å². The Morgan fingerprint density at radius 2 is 1.77 bits per heavy atom. The van der Waals surface area contributed by atoms with E-state index in [1.165, 1.54) is 45.0 Å². The molecule has 1 aromatic carbocycles. The number of nitrogens with one attached hydrogen (secondary N) is 1. The van der Waals surface area contributed by atoms with Gasteiger partial charge in [0.1, 0.15) is 40.7 Å². The average molecular weight is 895 g/mol. The highest BCUT2D eigenvalue weighted by Gasteiger charge is 2.64. The third-order valence-corrected chi connectivity index (χ3v) is 14.6. The number of anilines is 1. The van der Waals surface area contributed by atoms with Crippen LogP contribution < -0.4 is 15.0 Å². The zero-order valence-corrected chi connectivity index (χ0v) is 37.7. The number of likely N-dealkylation sites (N-methyl/N-ethyl adjacent to an activating group) is 1. The molecule has 2 N–H and O–H groups in total. The summed E-state index contributed by atoms with van der Waals surface area (Å²) in [5.74, 6) is -2.34. The number of fused-ring (bicyclic) bond motifs is 5. The number of ether oxygens (including phenoxy) is 5. The first-order valence-corrected chi connectivity index (χ1v) is 22.5. The number of carbonyl (C=O) groups is 5. The fourth-order valence-corrected chi connectivity index (χ4v) is 9.90. The van der Waals surface area contributed by atoms with Gasteiger partial charge in [-0.2, -0.15) is 4.31 Å². The SMILES string of the molecule is COc1cc2cc(c1Cl)N(C)C(=O)C[C@H](OC(=O)[C@H](C)N(C)S(=O)(=O)CCCCCCN1C(=O)CCC1=O)[C@]1(C)O[C@H]1C(C)[C@@H]1C[C@@](O)(NC(=O)O1)[C@H](OC)/C=C/C=C(\C)C2. The number of carbonyl (C=O) groups excluding carboxylic acids is 5. The number of esters is 1. The first-order valence-electron chi connectivity index (χ1n) is 20.5. The molecule has 3 fully saturated rings. The van der Waals surface area contributed by atoms with E-state index >= 15 is 0 Å². The number of sulfonamides is 1. The van der Waals surface area contributed by atoms with Crippen LogP contribution >= 0.6 is 11.6 Å². The Labute approximate surface area is 362 Å². The van der Waals surface area contributed by atoms with Crippen molar-refractivity contribution in [3.8, 4) is 5.75 Å². The van der Waals surface area contributed by atoms with Crippen LogP contribution in [-0.4, -0.2) is 135 Å². The van der Waals surface area contributed by atoms with Crippen LogP contribution in [0.4, 0.5) is 10.5 Å². The summed E-state index contributed by atoms with van der Waals surface area (Å²) in [7, 11) is 1.73. The Balaban J connectivity index is 1.38. The van der Waals surface area contributed by atoms with Gasteiger partial charge in [-0.05, 0) is 57.7 Å². The molecule has 0 radical (unpaired) electrons. The monoisotopic (exact) mass is 894 g/mol.